The molecule has 0 fully saturated rings. The first-order valence-electron chi connectivity index (χ1n) is 5.57. The number of hydrogen-bond donors (Lipinski definition) is 0. The maximum absolute atomic E-state index is 13.6. The van der Waals surface area contributed by atoms with Gasteiger partial charge in [-0.3, -0.25) is 4.79 Å². The summed E-state index contributed by atoms with van der Waals surface area (Å²) < 4.78 is 95.5. The Bertz CT molecular complexity index is 619. The molecule has 0 aromatic heterocycles. The van der Waals surface area contributed by atoms with Crippen molar-refractivity contribution in [3.05, 3.63) is 34.4 Å². The number of carbonyl (C=O) groups is 1. The molecule has 10 heteroatoms. The number of rotatable bonds is 3. The van der Waals surface area contributed by atoms with Crippen molar-refractivity contribution in [2.24, 2.45) is 0 Å². The van der Waals surface area contributed by atoms with Gasteiger partial charge in [0, 0.05) is 0 Å². The van der Waals surface area contributed by atoms with E-state index in [-0.39, 0.29) is 6.61 Å². The second-order valence-electron chi connectivity index (χ2n) is 3.86. The molecule has 0 saturated heterocycles. The Hall–Kier alpha value is -2.31. The molecule has 0 bridgehead atoms. The summed E-state index contributed by atoms with van der Waals surface area (Å²) in [7, 11) is 0. The Morgan fingerprint density at radius 1 is 1.14 bits per heavy atom. The minimum atomic E-state index is -5.71. The summed E-state index contributed by atoms with van der Waals surface area (Å²) in [5.74, 6) is -14.5. The Balaban J connectivity index is 3.66. The molecule has 0 radical (unpaired) electrons. The summed E-state index contributed by atoms with van der Waals surface area (Å²) in [5.41, 5.74) is -4.56. The lowest BCUT2D eigenvalue weighted by Gasteiger charge is -2.16. The van der Waals surface area contributed by atoms with Crippen LogP contribution in [0.3, 0.4) is 0 Å². The lowest BCUT2D eigenvalue weighted by atomic mass is 9.96. The molecule has 0 N–H and O–H groups in total. The van der Waals surface area contributed by atoms with Gasteiger partial charge < -0.3 is 4.74 Å². The van der Waals surface area contributed by atoms with Crippen LogP contribution in [0, 0.1) is 34.6 Å². The summed E-state index contributed by atoms with van der Waals surface area (Å²) in [6.07, 6.45) is -5.71. The highest BCUT2D eigenvalue weighted by atomic mass is 19.4. The zero-order valence-corrected chi connectivity index (χ0v) is 10.7. The summed E-state index contributed by atoms with van der Waals surface area (Å²) >= 11 is 0. The smallest absolute Gasteiger partial charge is 0.422 e. The van der Waals surface area contributed by atoms with Crippen molar-refractivity contribution < 1.29 is 40.3 Å². The Labute approximate surface area is 118 Å². The third-order valence-electron chi connectivity index (χ3n) is 2.52. The molecule has 0 saturated carbocycles. The van der Waals surface area contributed by atoms with E-state index in [1.54, 1.807) is 0 Å². The zero-order chi connectivity index (χ0) is 17.2. The molecule has 0 aliphatic heterocycles. The van der Waals surface area contributed by atoms with Gasteiger partial charge in [0.15, 0.2) is 29.2 Å². The molecular formula is C12H6F7NO2. The van der Waals surface area contributed by atoms with E-state index in [4.69, 9.17) is 5.26 Å². The molecule has 0 amide bonds. The lowest BCUT2D eigenvalue weighted by Crippen LogP contribution is -2.22. The molecule has 120 valence electrons. The van der Waals surface area contributed by atoms with Crippen LogP contribution in [0.5, 0.6) is 0 Å². The maximum atomic E-state index is 13.6. The van der Waals surface area contributed by atoms with E-state index in [1.807, 2.05) is 0 Å². The number of esters is 1. The van der Waals surface area contributed by atoms with E-state index < -0.39 is 52.5 Å². The van der Waals surface area contributed by atoms with Crippen LogP contribution < -0.4 is 0 Å². The van der Waals surface area contributed by atoms with E-state index in [9.17, 15) is 35.5 Å². The molecule has 0 aliphatic carbocycles. The van der Waals surface area contributed by atoms with Crippen LogP contribution in [0.15, 0.2) is 0 Å². The zero-order valence-electron chi connectivity index (χ0n) is 10.7. The fourth-order valence-corrected chi connectivity index (χ4v) is 1.61. The maximum Gasteiger partial charge on any atom is 0.422 e. The fourth-order valence-electron chi connectivity index (χ4n) is 1.61. The van der Waals surface area contributed by atoms with Crippen LogP contribution in [0.1, 0.15) is 24.0 Å². The van der Waals surface area contributed by atoms with E-state index in [1.165, 1.54) is 6.92 Å². The lowest BCUT2D eigenvalue weighted by molar-refractivity contribution is -0.143. The molecule has 22 heavy (non-hydrogen) atoms. The third-order valence-corrected chi connectivity index (χ3v) is 2.52. The molecule has 0 heterocycles. The van der Waals surface area contributed by atoms with Crippen LogP contribution in [-0.4, -0.2) is 12.6 Å². The predicted molar refractivity (Wildman–Crippen MR) is 56.3 cm³/mol. The molecule has 3 nitrogen and oxygen atoms in total. The van der Waals surface area contributed by atoms with Crippen molar-refractivity contribution >= 4 is 5.97 Å². The van der Waals surface area contributed by atoms with Gasteiger partial charge in [-0.25, -0.2) is 17.6 Å². The highest BCUT2D eigenvalue weighted by molar-refractivity contribution is 5.81. The molecule has 0 aliphatic rings. The average molecular weight is 329 g/mol. The van der Waals surface area contributed by atoms with Gasteiger partial charge in [0.2, 0.25) is 0 Å². The molecule has 1 aromatic rings. The number of alkyl halides is 3. The number of nitriles is 1. The predicted octanol–water partition coefficient (Wildman–Crippen LogP) is 3.43. The quantitative estimate of drug-likeness (QED) is 0.485. The first-order valence-corrected chi connectivity index (χ1v) is 5.57. The van der Waals surface area contributed by atoms with Crippen molar-refractivity contribution in [2.45, 2.75) is 19.0 Å². The molecule has 1 aromatic carbocycles. The van der Waals surface area contributed by atoms with E-state index in [0.29, 0.717) is 0 Å². The van der Waals surface area contributed by atoms with Crippen LogP contribution >= 0.6 is 0 Å². The second kappa shape index (κ2) is 6.21. The SMILES string of the molecule is CCOC(=O)C(C#N)c1c(F)c(F)c(C(F)(F)F)c(F)c1F. The van der Waals surface area contributed by atoms with Gasteiger partial charge >= 0.3 is 12.1 Å². The summed E-state index contributed by atoms with van der Waals surface area (Å²) in [5, 5.41) is 8.69. The highest BCUT2D eigenvalue weighted by Gasteiger charge is 2.44. The largest absolute Gasteiger partial charge is 0.465 e. The minimum Gasteiger partial charge on any atom is -0.465 e. The molecule has 1 unspecified atom stereocenters. The van der Waals surface area contributed by atoms with Crippen molar-refractivity contribution in [1.82, 2.24) is 0 Å². The molecular weight excluding hydrogens is 323 g/mol. The number of benzene rings is 1. The normalized spacial score (nSPS) is 12.7. The van der Waals surface area contributed by atoms with Crippen molar-refractivity contribution in [3.63, 3.8) is 0 Å². The van der Waals surface area contributed by atoms with Gasteiger partial charge in [0.1, 0.15) is 5.56 Å². The topological polar surface area (TPSA) is 50.1 Å². The van der Waals surface area contributed by atoms with E-state index >= 15 is 0 Å². The van der Waals surface area contributed by atoms with Gasteiger partial charge in [-0.15, -0.1) is 0 Å². The Morgan fingerprint density at radius 2 is 1.59 bits per heavy atom. The van der Waals surface area contributed by atoms with Crippen molar-refractivity contribution in [3.8, 4) is 6.07 Å². The minimum absolute atomic E-state index is 0.328. The molecule has 0 spiro atoms. The summed E-state index contributed by atoms with van der Waals surface area (Å²) in [6.45, 7) is 0.943. The fraction of sp³-hybridized carbons (Fsp3) is 0.333. The van der Waals surface area contributed by atoms with Gasteiger partial charge in [-0.05, 0) is 6.92 Å². The summed E-state index contributed by atoms with van der Waals surface area (Å²) in [4.78, 5) is 11.3. The van der Waals surface area contributed by atoms with Crippen molar-refractivity contribution in [2.75, 3.05) is 6.61 Å². The average Bonchev–Trinajstić information content (AvgIpc) is 2.40. The Kier molecular flexibility index (Phi) is 5.01. The van der Waals surface area contributed by atoms with Crippen LogP contribution in [-0.2, 0) is 15.7 Å². The number of nitrogens with zero attached hydrogens (tertiary/aromatic N) is 1. The number of ether oxygens (including phenoxy) is 1. The summed E-state index contributed by atoms with van der Waals surface area (Å²) in [6, 6.07) is 1.03. The Morgan fingerprint density at radius 3 is 1.91 bits per heavy atom. The van der Waals surface area contributed by atoms with Crippen molar-refractivity contribution in [1.29, 1.82) is 5.26 Å². The standard InChI is InChI=1S/C12H6F7NO2/c1-2-22-11(21)4(3-20)5-7(13)9(15)6(12(17,18)19)10(16)8(5)14/h4H,2H2,1H3. The molecule has 1 atom stereocenters. The first kappa shape index (κ1) is 17.7. The van der Waals surface area contributed by atoms with E-state index in [0.717, 1.165) is 6.07 Å². The highest BCUT2D eigenvalue weighted by Crippen LogP contribution is 2.38. The van der Waals surface area contributed by atoms with Gasteiger partial charge in [-0.1, -0.05) is 0 Å². The molecule has 1 rings (SSSR count). The van der Waals surface area contributed by atoms with Crippen LogP contribution in [0.4, 0.5) is 30.7 Å². The third kappa shape index (κ3) is 2.98. The van der Waals surface area contributed by atoms with Gasteiger partial charge in [0.25, 0.3) is 0 Å². The van der Waals surface area contributed by atoms with E-state index in [2.05, 4.69) is 4.74 Å². The van der Waals surface area contributed by atoms with Gasteiger partial charge in [-0.2, -0.15) is 18.4 Å². The first-order chi connectivity index (χ1) is 10.1. The van der Waals surface area contributed by atoms with Crippen LogP contribution in [0.2, 0.25) is 0 Å². The number of carbonyl (C=O) groups excluding carboxylic acids is 1. The number of halogens is 7. The van der Waals surface area contributed by atoms with Gasteiger partial charge in [0.05, 0.1) is 18.2 Å². The van der Waals surface area contributed by atoms with Crippen LogP contribution in [0.25, 0.3) is 0 Å². The second-order valence-corrected chi connectivity index (χ2v) is 3.86. The number of hydrogen-bond acceptors (Lipinski definition) is 3. The monoisotopic (exact) mass is 329 g/mol.